The molecule has 1 aromatic heterocycles. The quantitative estimate of drug-likeness (QED) is 0.767. The molecule has 5 nitrogen and oxygen atoms in total. The lowest BCUT2D eigenvalue weighted by molar-refractivity contribution is -0.122. The molecule has 2 aromatic rings. The summed E-state index contributed by atoms with van der Waals surface area (Å²) < 4.78 is 1.68. The maximum atomic E-state index is 12.4. The molecule has 1 unspecified atom stereocenters. The van der Waals surface area contributed by atoms with Crippen LogP contribution in [0.15, 0.2) is 43.0 Å². The number of aromatic nitrogens is 2. The highest BCUT2D eigenvalue weighted by molar-refractivity contribution is 6.21. The highest BCUT2D eigenvalue weighted by atomic mass is 16.2. The Hall–Kier alpha value is -2.43. The van der Waals surface area contributed by atoms with Crippen LogP contribution in [0.4, 0.5) is 5.69 Å². The van der Waals surface area contributed by atoms with E-state index < -0.39 is 6.04 Å². The van der Waals surface area contributed by atoms with Crippen molar-refractivity contribution >= 4 is 17.5 Å². The average Bonchev–Trinajstić information content (AvgIpc) is 3.00. The maximum Gasteiger partial charge on any atom is 0.257 e. The molecule has 1 aromatic carbocycles. The minimum atomic E-state index is -0.476. The lowest BCUT2D eigenvalue weighted by atomic mass is 10.2. The first-order valence-electron chi connectivity index (χ1n) is 6.08. The van der Waals surface area contributed by atoms with Crippen molar-refractivity contribution in [2.45, 2.75) is 19.4 Å². The molecule has 1 atom stereocenters. The van der Waals surface area contributed by atoms with Gasteiger partial charge in [0.2, 0.25) is 5.91 Å². The largest absolute Gasteiger partial charge is 0.324 e. The number of carbonyl (C=O) groups excluding carboxylic acids is 2. The molecule has 19 heavy (non-hydrogen) atoms. The highest BCUT2D eigenvalue weighted by Gasteiger charge is 2.40. The summed E-state index contributed by atoms with van der Waals surface area (Å²) in [7, 11) is 0. The Bertz CT molecular complexity index is 617. The molecule has 0 bridgehead atoms. The molecule has 1 fully saturated rings. The summed E-state index contributed by atoms with van der Waals surface area (Å²) >= 11 is 0. The van der Waals surface area contributed by atoms with Crippen LogP contribution in [0.25, 0.3) is 0 Å². The second-order valence-corrected chi connectivity index (χ2v) is 4.63. The van der Waals surface area contributed by atoms with Gasteiger partial charge in [-0.3, -0.25) is 9.59 Å². The summed E-state index contributed by atoms with van der Waals surface area (Å²) in [5, 5.41) is 0. The van der Waals surface area contributed by atoms with Gasteiger partial charge in [-0.1, -0.05) is 17.7 Å². The summed E-state index contributed by atoms with van der Waals surface area (Å²) in [6.07, 6.45) is 5.05. The van der Waals surface area contributed by atoms with E-state index in [-0.39, 0.29) is 18.2 Å². The molecule has 0 N–H and O–H groups in total. The Morgan fingerprint density at radius 3 is 2.58 bits per heavy atom. The molecule has 0 spiro atoms. The van der Waals surface area contributed by atoms with Crippen molar-refractivity contribution in [2.75, 3.05) is 4.90 Å². The van der Waals surface area contributed by atoms with E-state index in [4.69, 9.17) is 0 Å². The van der Waals surface area contributed by atoms with Crippen molar-refractivity contribution in [1.29, 1.82) is 0 Å². The number of aryl methyl sites for hydroxylation is 1. The summed E-state index contributed by atoms with van der Waals surface area (Å²) in [4.78, 5) is 29.6. The smallest absolute Gasteiger partial charge is 0.257 e. The summed E-state index contributed by atoms with van der Waals surface area (Å²) in [5.41, 5.74) is 1.72. The van der Waals surface area contributed by atoms with E-state index in [1.165, 1.54) is 4.90 Å². The van der Waals surface area contributed by atoms with Crippen LogP contribution in [-0.2, 0) is 9.59 Å². The molecule has 96 valence electrons. The molecule has 2 amide bonds. The Morgan fingerprint density at radius 2 is 1.95 bits per heavy atom. The Kier molecular flexibility index (Phi) is 2.67. The van der Waals surface area contributed by atoms with Gasteiger partial charge >= 0.3 is 0 Å². The molecule has 0 aliphatic carbocycles. The fraction of sp³-hybridized carbons (Fsp3) is 0.214. The Morgan fingerprint density at radius 1 is 1.21 bits per heavy atom. The van der Waals surface area contributed by atoms with Gasteiger partial charge in [-0.05, 0) is 19.1 Å². The third-order valence-corrected chi connectivity index (χ3v) is 3.30. The van der Waals surface area contributed by atoms with Gasteiger partial charge in [0.1, 0.15) is 6.04 Å². The van der Waals surface area contributed by atoms with Gasteiger partial charge in [0.05, 0.1) is 18.4 Å². The van der Waals surface area contributed by atoms with E-state index in [0.717, 1.165) is 5.56 Å². The van der Waals surface area contributed by atoms with Gasteiger partial charge < -0.3 is 4.57 Å². The minimum Gasteiger partial charge on any atom is -0.324 e. The number of imidazole rings is 1. The van der Waals surface area contributed by atoms with Crippen molar-refractivity contribution in [3.8, 4) is 0 Å². The fourth-order valence-electron chi connectivity index (χ4n) is 2.27. The number of amides is 2. The van der Waals surface area contributed by atoms with E-state index in [9.17, 15) is 9.59 Å². The predicted molar refractivity (Wildman–Crippen MR) is 69.6 cm³/mol. The zero-order valence-electron chi connectivity index (χ0n) is 10.5. The molecule has 0 saturated carbocycles. The summed E-state index contributed by atoms with van der Waals surface area (Å²) in [5.74, 6) is -0.376. The number of hydrogen-bond donors (Lipinski definition) is 0. The first kappa shape index (κ1) is 11.6. The zero-order valence-corrected chi connectivity index (χ0v) is 10.5. The summed E-state index contributed by atoms with van der Waals surface area (Å²) in [6, 6.07) is 6.89. The third kappa shape index (κ3) is 1.93. The maximum absolute atomic E-state index is 12.4. The van der Waals surface area contributed by atoms with Gasteiger partial charge in [-0.2, -0.15) is 0 Å². The Labute approximate surface area is 110 Å². The van der Waals surface area contributed by atoms with Crippen molar-refractivity contribution < 1.29 is 9.59 Å². The van der Waals surface area contributed by atoms with Crippen LogP contribution >= 0.6 is 0 Å². The van der Waals surface area contributed by atoms with Crippen molar-refractivity contribution in [2.24, 2.45) is 0 Å². The molecule has 0 radical (unpaired) electrons. The minimum absolute atomic E-state index is 0.174. The first-order chi connectivity index (χ1) is 9.16. The number of nitrogens with zero attached hydrogens (tertiary/aromatic N) is 3. The van der Waals surface area contributed by atoms with Crippen LogP contribution in [0.5, 0.6) is 0 Å². The van der Waals surface area contributed by atoms with Crippen LogP contribution in [0, 0.1) is 6.92 Å². The van der Waals surface area contributed by atoms with E-state index >= 15 is 0 Å². The second-order valence-electron chi connectivity index (χ2n) is 4.63. The SMILES string of the molecule is Cc1ccc(N2C(=O)CC(n3ccnc3)C2=O)cc1. The lowest BCUT2D eigenvalue weighted by Gasteiger charge is -2.15. The van der Waals surface area contributed by atoms with Crippen LogP contribution in [0.1, 0.15) is 18.0 Å². The van der Waals surface area contributed by atoms with Crippen molar-refractivity contribution in [3.05, 3.63) is 48.5 Å². The third-order valence-electron chi connectivity index (χ3n) is 3.30. The number of imide groups is 1. The molecule has 1 aliphatic rings. The molecule has 1 aliphatic heterocycles. The zero-order chi connectivity index (χ0) is 13.4. The topological polar surface area (TPSA) is 55.2 Å². The monoisotopic (exact) mass is 255 g/mol. The standard InChI is InChI=1S/C14H13N3O2/c1-10-2-4-11(5-3-10)17-13(18)8-12(14(17)19)16-7-6-15-9-16/h2-7,9,12H,8H2,1H3. The number of carbonyl (C=O) groups is 2. The van der Waals surface area contributed by atoms with Gasteiger partial charge in [-0.15, -0.1) is 0 Å². The normalized spacial score (nSPS) is 19.2. The van der Waals surface area contributed by atoms with Gasteiger partial charge in [0, 0.05) is 12.4 Å². The van der Waals surface area contributed by atoms with Gasteiger partial charge in [0.15, 0.2) is 0 Å². The second kappa shape index (κ2) is 4.35. The highest BCUT2D eigenvalue weighted by Crippen LogP contribution is 2.29. The lowest BCUT2D eigenvalue weighted by Crippen LogP contribution is -2.30. The van der Waals surface area contributed by atoms with Crippen LogP contribution < -0.4 is 4.90 Å². The molecule has 1 saturated heterocycles. The predicted octanol–water partition coefficient (Wildman–Crippen LogP) is 1.70. The van der Waals surface area contributed by atoms with E-state index in [1.54, 1.807) is 35.4 Å². The Balaban J connectivity index is 1.93. The van der Waals surface area contributed by atoms with Gasteiger partial charge in [-0.25, -0.2) is 9.88 Å². The average molecular weight is 255 g/mol. The number of rotatable bonds is 2. The first-order valence-corrected chi connectivity index (χ1v) is 6.08. The number of benzene rings is 1. The van der Waals surface area contributed by atoms with Crippen molar-refractivity contribution in [1.82, 2.24) is 9.55 Å². The van der Waals surface area contributed by atoms with E-state index in [1.807, 2.05) is 19.1 Å². The molecule has 5 heteroatoms. The van der Waals surface area contributed by atoms with E-state index in [0.29, 0.717) is 5.69 Å². The van der Waals surface area contributed by atoms with Crippen molar-refractivity contribution in [3.63, 3.8) is 0 Å². The van der Waals surface area contributed by atoms with E-state index in [2.05, 4.69) is 4.98 Å². The van der Waals surface area contributed by atoms with Gasteiger partial charge in [0.25, 0.3) is 5.91 Å². The molecule has 2 heterocycles. The van der Waals surface area contributed by atoms with Crippen LogP contribution in [-0.4, -0.2) is 21.4 Å². The summed E-state index contributed by atoms with van der Waals surface area (Å²) in [6.45, 7) is 1.96. The number of hydrogen-bond acceptors (Lipinski definition) is 3. The van der Waals surface area contributed by atoms with Crippen LogP contribution in [0.2, 0.25) is 0 Å². The fourth-order valence-corrected chi connectivity index (χ4v) is 2.27. The molecule has 3 rings (SSSR count). The number of anilines is 1. The molecular weight excluding hydrogens is 242 g/mol. The van der Waals surface area contributed by atoms with Crippen LogP contribution in [0.3, 0.4) is 0 Å². The molecular formula is C14H13N3O2.